The maximum Gasteiger partial charge on any atom is 0.341 e. The average molecular weight is 383 g/mol. The van der Waals surface area contributed by atoms with Gasteiger partial charge in [0.05, 0.1) is 23.5 Å². The van der Waals surface area contributed by atoms with Crippen molar-refractivity contribution < 1.29 is 24.2 Å². The van der Waals surface area contributed by atoms with Crippen molar-refractivity contribution in [2.24, 2.45) is 0 Å². The highest BCUT2D eigenvalue weighted by atomic mass is 16.5. The Balaban J connectivity index is 1.75. The fourth-order valence-corrected chi connectivity index (χ4v) is 2.93. The molecule has 0 fully saturated rings. The van der Waals surface area contributed by atoms with E-state index in [1.165, 1.54) is 11.8 Å². The molecule has 28 heavy (non-hydrogen) atoms. The van der Waals surface area contributed by atoms with Gasteiger partial charge < -0.3 is 20.5 Å². The second-order valence-corrected chi connectivity index (χ2v) is 6.23. The van der Waals surface area contributed by atoms with E-state index in [9.17, 15) is 14.4 Å². The lowest BCUT2D eigenvalue weighted by Gasteiger charge is -2.30. The summed E-state index contributed by atoms with van der Waals surface area (Å²) in [6, 6.07) is 13.6. The van der Waals surface area contributed by atoms with Crippen LogP contribution in [-0.4, -0.2) is 48.7 Å². The third-order valence-electron chi connectivity index (χ3n) is 4.24. The van der Waals surface area contributed by atoms with Crippen LogP contribution < -0.4 is 15.5 Å². The van der Waals surface area contributed by atoms with Gasteiger partial charge in [-0.15, -0.1) is 0 Å². The standard InChI is InChI=1S/C20H21N3O5/c1-13(28-20(27)14-6-2-3-7-15(14)21-10-11-24)19(26)23-12-18(25)22-16-8-4-5-9-17(16)23/h2-9,13,21,24H,10-12H2,1H3,(H,22,25)/t13-/m0/s1. The van der Waals surface area contributed by atoms with Crippen LogP contribution in [-0.2, 0) is 14.3 Å². The third-order valence-corrected chi connectivity index (χ3v) is 4.24. The number of carbonyl (C=O) groups excluding carboxylic acids is 3. The van der Waals surface area contributed by atoms with Crippen LogP contribution >= 0.6 is 0 Å². The Morgan fingerprint density at radius 1 is 1.21 bits per heavy atom. The Morgan fingerprint density at radius 2 is 1.93 bits per heavy atom. The van der Waals surface area contributed by atoms with Crippen molar-refractivity contribution in [2.75, 3.05) is 35.2 Å². The number of hydrogen-bond donors (Lipinski definition) is 3. The predicted molar refractivity (Wildman–Crippen MR) is 104 cm³/mol. The monoisotopic (exact) mass is 383 g/mol. The maximum atomic E-state index is 12.9. The van der Waals surface area contributed by atoms with Crippen LogP contribution in [0.1, 0.15) is 17.3 Å². The van der Waals surface area contributed by atoms with E-state index in [2.05, 4.69) is 10.6 Å². The Hall–Kier alpha value is -3.39. The topological polar surface area (TPSA) is 108 Å². The van der Waals surface area contributed by atoms with E-state index in [4.69, 9.17) is 9.84 Å². The lowest BCUT2D eigenvalue weighted by molar-refractivity contribution is -0.128. The maximum absolute atomic E-state index is 12.9. The summed E-state index contributed by atoms with van der Waals surface area (Å²) >= 11 is 0. The first-order valence-electron chi connectivity index (χ1n) is 8.86. The molecule has 0 unspecified atom stereocenters. The molecule has 1 aliphatic rings. The molecule has 1 atom stereocenters. The number of carbonyl (C=O) groups is 3. The molecule has 8 heteroatoms. The first kappa shape index (κ1) is 19.4. The summed E-state index contributed by atoms with van der Waals surface area (Å²) in [6.45, 7) is 1.51. The second-order valence-electron chi connectivity index (χ2n) is 6.23. The van der Waals surface area contributed by atoms with E-state index >= 15 is 0 Å². The van der Waals surface area contributed by atoms with Crippen LogP contribution in [0.4, 0.5) is 17.1 Å². The van der Waals surface area contributed by atoms with E-state index in [0.717, 1.165) is 0 Å². The number of fused-ring (bicyclic) bond motifs is 1. The first-order chi connectivity index (χ1) is 13.5. The van der Waals surface area contributed by atoms with Crippen LogP contribution in [0, 0.1) is 0 Å². The van der Waals surface area contributed by atoms with Crippen molar-refractivity contribution in [1.82, 2.24) is 0 Å². The van der Waals surface area contributed by atoms with Gasteiger partial charge in [0, 0.05) is 12.2 Å². The lowest BCUT2D eigenvalue weighted by Crippen LogP contribution is -2.47. The summed E-state index contributed by atoms with van der Waals surface area (Å²) in [6.07, 6.45) is -1.09. The summed E-state index contributed by atoms with van der Waals surface area (Å²) in [4.78, 5) is 38.6. The largest absolute Gasteiger partial charge is 0.449 e. The number of aliphatic hydroxyl groups is 1. The number of amides is 2. The normalized spacial score (nSPS) is 13.9. The van der Waals surface area contributed by atoms with Gasteiger partial charge in [0.2, 0.25) is 5.91 Å². The van der Waals surface area contributed by atoms with Gasteiger partial charge in [-0.2, -0.15) is 0 Å². The molecule has 0 radical (unpaired) electrons. The quantitative estimate of drug-likeness (QED) is 0.655. The van der Waals surface area contributed by atoms with Gasteiger partial charge in [0.1, 0.15) is 6.54 Å². The Bertz CT molecular complexity index is 899. The molecule has 0 aromatic heterocycles. The number of aliphatic hydroxyl groups excluding tert-OH is 1. The fourth-order valence-electron chi connectivity index (χ4n) is 2.93. The molecule has 0 saturated heterocycles. The smallest absolute Gasteiger partial charge is 0.341 e. The SMILES string of the molecule is C[C@H](OC(=O)c1ccccc1NCCO)C(=O)N1CC(=O)Nc2ccccc21. The second kappa shape index (κ2) is 8.53. The molecule has 3 N–H and O–H groups in total. The molecule has 0 spiro atoms. The minimum atomic E-state index is -1.09. The van der Waals surface area contributed by atoms with Gasteiger partial charge in [-0.25, -0.2) is 4.79 Å². The minimum absolute atomic E-state index is 0.0886. The molecule has 2 amide bonds. The fraction of sp³-hybridized carbons (Fsp3) is 0.250. The van der Waals surface area contributed by atoms with Crippen LogP contribution in [0.2, 0.25) is 0 Å². The molecule has 1 heterocycles. The van der Waals surface area contributed by atoms with Crippen LogP contribution in [0.15, 0.2) is 48.5 Å². The van der Waals surface area contributed by atoms with Gasteiger partial charge in [-0.05, 0) is 31.2 Å². The lowest BCUT2D eigenvalue weighted by atomic mass is 10.1. The number of esters is 1. The zero-order valence-electron chi connectivity index (χ0n) is 15.3. The molecule has 146 valence electrons. The minimum Gasteiger partial charge on any atom is -0.449 e. The average Bonchev–Trinajstić information content (AvgIpc) is 2.71. The number of anilines is 3. The molecular weight excluding hydrogens is 362 g/mol. The third kappa shape index (κ3) is 4.12. The zero-order valence-corrected chi connectivity index (χ0v) is 15.3. The van der Waals surface area contributed by atoms with E-state index < -0.39 is 18.0 Å². The Kier molecular flexibility index (Phi) is 5.90. The van der Waals surface area contributed by atoms with Crippen LogP contribution in [0.5, 0.6) is 0 Å². The van der Waals surface area contributed by atoms with Gasteiger partial charge in [0.25, 0.3) is 5.91 Å². The zero-order chi connectivity index (χ0) is 20.1. The summed E-state index contributed by atoms with van der Waals surface area (Å²) < 4.78 is 5.36. The number of para-hydroxylation sites is 3. The number of rotatable bonds is 6. The number of nitrogens with zero attached hydrogens (tertiary/aromatic N) is 1. The summed E-state index contributed by atoms with van der Waals surface area (Å²) in [7, 11) is 0. The van der Waals surface area contributed by atoms with Crippen molar-refractivity contribution in [2.45, 2.75) is 13.0 Å². The molecule has 0 saturated carbocycles. The molecule has 1 aliphatic heterocycles. The molecule has 8 nitrogen and oxygen atoms in total. The summed E-state index contributed by atoms with van der Waals surface area (Å²) in [5.74, 6) is -1.47. The molecule has 0 bridgehead atoms. The predicted octanol–water partition coefficient (Wildman–Crippen LogP) is 1.62. The van der Waals surface area contributed by atoms with E-state index in [1.54, 1.807) is 48.5 Å². The van der Waals surface area contributed by atoms with Crippen LogP contribution in [0.3, 0.4) is 0 Å². The summed E-state index contributed by atoms with van der Waals surface area (Å²) in [5, 5.41) is 14.6. The Morgan fingerprint density at radius 3 is 2.71 bits per heavy atom. The van der Waals surface area contributed by atoms with E-state index in [-0.39, 0.29) is 31.2 Å². The van der Waals surface area contributed by atoms with E-state index in [1.807, 2.05) is 0 Å². The van der Waals surface area contributed by atoms with Gasteiger partial charge in [-0.3, -0.25) is 14.5 Å². The van der Waals surface area contributed by atoms with Crippen molar-refractivity contribution in [1.29, 1.82) is 0 Å². The number of nitrogens with one attached hydrogen (secondary N) is 2. The Labute approximate surface area is 162 Å². The molecule has 3 rings (SSSR count). The van der Waals surface area contributed by atoms with Gasteiger partial charge in [-0.1, -0.05) is 24.3 Å². The van der Waals surface area contributed by atoms with Crippen molar-refractivity contribution in [3.8, 4) is 0 Å². The van der Waals surface area contributed by atoms with E-state index in [0.29, 0.717) is 17.1 Å². The number of ether oxygens (including phenoxy) is 1. The van der Waals surface area contributed by atoms with Crippen molar-refractivity contribution in [3.63, 3.8) is 0 Å². The summed E-state index contributed by atoms with van der Waals surface area (Å²) in [5.41, 5.74) is 1.85. The first-order valence-corrected chi connectivity index (χ1v) is 8.86. The highest BCUT2D eigenvalue weighted by molar-refractivity contribution is 6.11. The molecule has 2 aromatic rings. The number of benzene rings is 2. The molecule has 0 aliphatic carbocycles. The molecule has 2 aromatic carbocycles. The molecular formula is C20H21N3O5. The van der Waals surface area contributed by atoms with Crippen molar-refractivity contribution >= 4 is 34.8 Å². The highest BCUT2D eigenvalue weighted by Crippen LogP contribution is 2.29. The highest BCUT2D eigenvalue weighted by Gasteiger charge is 2.31. The van der Waals surface area contributed by atoms with Crippen LogP contribution in [0.25, 0.3) is 0 Å². The van der Waals surface area contributed by atoms with Gasteiger partial charge >= 0.3 is 5.97 Å². The van der Waals surface area contributed by atoms with Gasteiger partial charge in [0.15, 0.2) is 6.10 Å². The number of hydrogen-bond acceptors (Lipinski definition) is 6. The van der Waals surface area contributed by atoms with Crippen molar-refractivity contribution in [3.05, 3.63) is 54.1 Å².